The molecule has 3 rings (SSSR count). The fourth-order valence-electron chi connectivity index (χ4n) is 2.33. The van der Waals surface area contributed by atoms with Crippen molar-refractivity contribution in [1.29, 1.82) is 0 Å². The summed E-state index contributed by atoms with van der Waals surface area (Å²) >= 11 is 0. The normalized spacial score (nSPS) is 12.2. The third-order valence-electron chi connectivity index (χ3n) is 3.50. The molecule has 0 aliphatic rings. The summed E-state index contributed by atoms with van der Waals surface area (Å²) in [5.74, 6) is 1.44. The maximum absolute atomic E-state index is 12.2. The number of hydrogen-bond acceptors (Lipinski definition) is 4. The monoisotopic (exact) mass is 329 g/mol. The van der Waals surface area contributed by atoms with Crippen LogP contribution in [0.2, 0.25) is 0 Å². The summed E-state index contributed by atoms with van der Waals surface area (Å²) in [5, 5.41) is 11.0. The summed E-state index contributed by atoms with van der Waals surface area (Å²) in [6.07, 6.45) is 1.91. The molecule has 5 heteroatoms. The third kappa shape index (κ3) is 3.35. The molecule has 118 valence electrons. The molecule has 1 heterocycles. The van der Waals surface area contributed by atoms with Gasteiger partial charge in [0.25, 0.3) is 4.90 Å². The fraction of sp³-hybridized carbons (Fsp3) is 0.167. The lowest BCUT2D eigenvalue weighted by atomic mass is 10.2. The molecule has 2 aromatic carbocycles. The van der Waals surface area contributed by atoms with E-state index >= 15 is 0 Å². The Morgan fingerprint density at radius 3 is 2.57 bits per heavy atom. The van der Waals surface area contributed by atoms with E-state index in [1.165, 1.54) is 0 Å². The van der Waals surface area contributed by atoms with Crippen LogP contribution in [0.5, 0.6) is 11.5 Å². The Morgan fingerprint density at radius 1 is 1.09 bits per heavy atom. The van der Waals surface area contributed by atoms with Crippen LogP contribution in [-0.4, -0.2) is 23.7 Å². The van der Waals surface area contributed by atoms with Crippen LogP contribution in [0.15, 0.2) is 68.7 Å². The average Bonchev–Trinajstić information content (AvgIpc) is 2.56. The maximum atomic E-state index is 12.2. The highest BCUT2D eigenvalue weighted by Crippen LogP contribution is 2.29. The van der Waals surface area contributed by atoms with Crippen molar-refractivity contribution >= 4 is 21.9 Å². The summed E-state index contributed by atoms with van der Waals surface area (Å²) in [6, 6.07) is 16.5. The first-order valence-corrected chi connectivity index (χ1v) is 9.02. The van der Waals surface area contributed by atoms with Gasteiger partial charge in [0.05, 0.1) is 5.39 Å². The van der Waals surface area contributed by atoms with Gasteiger partial charge in [0.2, 0.25) is 0 Å². The molecule has 3 aromatic rings. The molecule has 4 nitrogen and oxygen atoms in total. The number of rotatable bonds is 5. The largest absolute Gasteiger partial charge is 0.503 e. The van der Waals surface area contributed by atoms with E-state index in [4.69, 9.17) is 9.15 Å². The Bertz CT molecular complexity index is 858. The molecular formula is C18H17O4S+. The zero-order chi connectivity index (χ0) is 16.2. The lowest BCUT2D eigenvalue weighted by Gasteiger charge is -2.07. The van der Waals surface area contributed by atoms with Gasteiger partial charge in [-0.2, -0.15) is 0 Å². The van der Waals surface area contributed by atoms with Crippen molar-refractivity contribution in [3.8, 4) is 11.5 Å². The van der Waals surface area contributed by atoms with Gasteiger partial charge in [0, 0.05) is 10.9 Å². The molecule has 1 atom stereocenters. The van der Waals surface area contributed by atoms with Crippen molar-refractivity contribution in [3.63, 3.8) is 0 Å². The predicted octanol–water partition coefficient (Wildman–Crippen LogP) is 3.18. The van der Waals surface area contributed by atoms with Gasteiger partial charge in [-0.05, 0) is 24.3 Å². The minimum atomic E-state index is -0.480. The van der Waals surface area contributed by atoms with Crippen LogP contribution in [0.4, 0.5) is 0 Å². The Balaban J connectivity index is 1.78. The van der Waals surface area contributed by atoms with E-state index < -0.39 is 16.5 Å². The highest BCUT2D eigenvalue weighted by molar-refractivity contribution is 7.96. The van der Waals surface area contributed by atoms with Crippen molar-refractivity contribution < 1.29 is 14.3 Å². The second kappa shape index (κ2) is 6.79. The van der Waals surface area contributed by atoms with Crippen LogP contribution in [0.1, 0.15) is 0 Å². The molecule has 0 fully saturated rings. The van der Waals surface area contributed by atoms with Gasteiger partial charge in [0.15, 0.2) is 5.75 Å². The van der Waals surface area contributed by atoms with Gasteiger partial charge in [-0.3, -0.25) is 0 Å². The standard InChI is InChI=1S/C18H16O4S/c1-23(12-11-21-13-7-3-2-4-8-13)17-16(19)14-9-5-6-10-15(14)22-18(17)20/h2-10H,11-12H2,1H3/p+1. The number of hydrogen-bond donors (Lipinski definition) is 1. The van der Waals surface area contributed by atoms with Gasteiger partial charge < -0.3 is 14.3 Å². The molecule has 0 radical (unpaired) electrons. The third-order valence-corrected chi connectivity index (χ3v) is 5.33. The van der Waals surface area contributed by atoms with E-state index in [-0.39, 0.29) is 5.75 Å². The zero-order valence-electron chi connectivity index (χ0n) is 12.7. The first kappa shape index (κ1) is 15.5. The smallest absolute Gasteiger partial charge is 0.396 e. The van der Waals surface area contributed by atoms with E-state index in [0.717, 1.165) is 5.75 Å². The van der Waals surface area contributed by atoms with Crippen LogP contribution in [0.3, 0.4) is 0 Å². The van der Waals surface area contributed by atoms with E-state index in [9.17, 15) is 9.90 Å². The quantitative estimate of drug-likeness (QED) is 0.577. The number of benzene rings is 2. The first-order chi connectivity index (χ1) is 11.2. The fourth-order valence-corrected chi connectivity index (χ4v) is 3.63. The average molecular weight is 329 g/mol. The maximum Gasteiger partial charge on any atom is 0.396 e. The van der Waals surface area contributed by atoms with Crippen LogP contribution >= 0.6 is 0 Å². The Morgan fingerprint density at radius 2 is 1.78 bits per heavy atom. The summed E-state index contributed by atoms with van der Waals surface area (Å²) in [7, 11) is -0.467. The van der Waals surface area contributed by atoms with Crippen molar-refractivity contribution in [3.05, 3.63) is 65.0 Å². The van der Waals surface area contributed by atoms with Crippen molar-refractivity contribution in [2.45, 2.75) is 4.90 Å². The van der Waals surface area contributed by atoms with E-state index in [2.05, 4.69) is 0 Å². The van der Waals surface area contributed by atoms with E-state index in [1.54, 1.807) is 24.3 Å². The van der Waals surface area contributed by atoms with Gasteiger partial charge in [-0.15, -0.1) is 0 Å². The minimum absolute atomic E-state index is 0.0161. The summed E-state index contributed by atoms with van der Waals surface area (Å²) in [5.41, 5.74) is -0.0805. The lowest BCUT2D eigenvalue weighted by Crippen LogP contribution is -2.20. The molecule has 23 heavy (non-hydrogen) atoms. The molecule has 0 aliphatic carbocycles. The van der Waals surface area contributed by atoms with Crippen LogP contribution in [-0.2, 0) is 10.9 Å². The van der Waals surface area contributed by atoms with Crippen LogP contribution in [0, 0.1) is 0 Å². The van der Waals surface area contributed by atoms with Crippen LogP contribution < -0.4 is 10.4 Å². The highest BCUT2D eigenvalue weighted by Gasteiger charge is 2.28. The van der Waals surface area contributed by atoms with Gasteiger partial charge >= 0.3 is 5.63 Å². The first-order valence-electron chi connectivity index (χ1n) is 7.22. The number of aromatic hydroxyl groups is 1. The summed E-state index contributed by atoms with van der Waals surface area (Å²) in [6.45, 7) is 0.468. The van der Waals surface area contributed by atoms with Crippen molar-refractivity contribution in [1.82, 2.24) is 0 Å². The minimum Gasteiger partial charge on any atom is -0.503 e. The molecule has 0 aliphatic heterocycles. The second-order valence-electron chi connectivity index (χ2n) is 5.07. The molecule has 1 N–H and O–H groups in total. The molecule has 1 aromatic heterocycles. The Labute approximate surface area is 136 Å². The molecule has 0 amide bonds. The predicted molar refractivity (Wildman–Crippen MR) is 92.5 cm³/mol. The van der Waals surface area contributed by atoms with E-state index in [1.807, 2.05) is 36.6 Å². The Hall–Kier alpha value is -2.40. The molecule has 0 spiro atoms. The Kier molecular flexibility index (Phi) is 4.57. The second-order valence-corrected chi connectivity index (χ2v) is 7.16. The topological polar surface area (TPSA) is 59.7 Å². The number of fused-ring (bicyclic) bond motifs is 1. The van der Waals surface area contributed by atoms with Gasteiger partial charge in [0.1, 0.15) is 29.9 Å². The molecular weight excluding hydrogens is 312 g/mol. The van der Waals surface area contributed by atoms with Crippen LogP contribution in [0.25, 0.3) is 11.0 Å². The van der Waals surface area contributed by atoms with Crippen molar-refractivity contribution in [2.24, 2.45) is 0 Å². The number of ether oxygens (including phenoxy) is 1. The SMILES string of the molecule is C[S+](CCOc1ccccc1)c1c(O)c2ccccc2oc1=O. The molecule has 0 saturated heterocycles. The lowest BCUT2D eigenvalue weighted by molar-refractivity contribution is 0.343. The highest BCUT2D eigenvalue weighted by atomic mass is 32.2. The molecule has 0 saturated carbocycles. The van der Waals surface area contributed by atoms with E-state index in [0.29, 0.717) is 28.2 Å². The molecule has 0 bridgehead atoms. The van der Waals surface area contributed by atoms with Gasteiger partial charge in [-0.1, -0.05) is 30.3 Å². The number of para-hydroxylation sites is 2. The summed E-state index contributed by atoms with van der Waals surface area (Å²) in [4.78, 5) is 12.5. The van der Waals surface area contributed by atoms with Crippen molar-refractivity contribution in [2.75, 3.05) is 18.6 Å². The summed E-state index contributed by atoms with van der Waals surface area (Å²) < 4.78 is 11.0. The van der Waals surface area contributed by atoms with Gasteiger partial charge in [-0.25, -0.2) is 4.79 Å². The molecule has 1 unspecified atom stereocenters. The zero-order valence-corrected chi connectivity index (χ0v) is 13.5.